The van der Waals surface area contributed by atoms with Gasteiger partial charge in [0.1, 0.15) is 19.6 Å². The Bertz CT molecular complexity index is 1270. The van der Waals surface area contributed by atoms with Gasteiger partial charge in [-0.25, -0.2) is 0 Å². The molecule has 0 fully saturated rings. The fraction of sp³-hybridized carbons (Fsp3) is 0.0968. The normalized spacial score (nSPS) is 10.4. The van der Waals surface area contributed by atoms with Crippen LogP contribution in [0, 0.1) is 0 Å². The molecule has 6 heteroatoms. The summed E-state index contributed by atoms with van der Waals surface area (Å²) in [5, 5.41) is 0. The molecule has 0 N–H and O–H groups in total. The Kier molecular flexibility index (Phi) is 8.34. The summed E-state index contributed by atoms with van der Waals surface area (Å²) in [4.78, 5) is 49.0. The van der Waals surface area contributed by atoms with Crippen molar-refractivity contribution >= 4 is 23.5 Å². The SMILES string of the molecule is O=C(CC(=O)OCc1ccc(C(=O)c2ccccc2)cc1)OCc1ccc(C(=O)c2ccccc2)cc1. The van der Waals surface area contributed by atoms with E-state index in [-0.39, 0.29) is 24.8 Å². The summed E-state index contributed by atoms with van der Waals surface area (Å²) in [6.07, 6.45) is -0.519. The van der Waals surface area contributed by atoms with Gasteiger partial charge in [-0.15, -0.1) is 0 Å². The Morgan fingerprint density at radius 1 is 0.432 bits per heavy atom. The molecule has 0 spiro atoms. The van der Waals surface area contributed by atoms with Crippen LogP contribution in [0.2, 0.25) is 0 Å². The molecule has 4 rings (SSSR count). The van der Waals surface area contributed by atoms with Gasteiger partial charge in [-0.05, 0) is 11.1 Å². The molecule has 0 saturated carbocycles. The number of carbonyl (C=O) groups excluding carboxylic acids is 4. The molecule has 0 aromatic heterocycles. The van der Waals surface area contributed by atoms with E-state index in [1.54, 1.807) is 97.1 Å². The highest BCUT2D eigenvalue weighted by molar-refractivity contribution is 6.09. The number of ether oxygens (including phenoxy) is 2. The van der Waals surface area contributed by atoms with Crippen molar-refractivity contribution in [2.75, 3.05) is 0 Å². The molecule has 0 heterocycles. The third-order valence-electron chi connectivity index (χ3n) is 5.59. The standard InChI is InChI=1S/C31H24O6/c32-28(36-20-22-11-15-26(16-12-22)30(34)24-7-3-1-4-8-24)19-29(33)37-21-23-13-17-27(18-14-23)31(35)25-9-5-2-6-10-25/h1-18H,19-21H2. The Hall–Kier alpha value is -4.84. The van der Waals surface area contributed by atoms with Crippen LogP contribution in [0.1, 0.15) is 49.4 Å². The molecule has 0 bridgehead atoms. The lowest BCUT2D eigenvalue weighted by molar-refractivity contribution is -0.156. The monoisotopic (exact) mass is 492 g/mol. The van der Waals surface area contributed by atoms with Crippen LogP contribution in [-0.2, 0) is 32.3 Å². The summed E-state index contributed by atoms with van der Waals surface area (Å²) in [6.45, 7) is -0.0499. The van der Waals surface area contributed by atoms with Gasteiger partial charge in [0.15, 0.2) is 11.6 Å². The molecule has 4 aromatic carbocycles. The largest absolute Gasteiger partial charge is 0.460 e. The fourth-order valence-corrected chi connectivity index (χ4v) is 3.56. The zero-order valence-electron chi connectivity index (χ0n) is 20.0. The van der Waals surface area contributed by atoms with E-state index in [0.717, 1.165) is 0 Å². The molecule has 0 saturated heterocycles. The third-order valence-corrected chi connectivity index (χ3v) is 5.59. The maximum Gasteiger partial charge on any atom is 0.317 e. The quantitative estimate of drug-likeness (QED) is 0.169. The van der Waals surface area contributed by atoms with Crippen molar-refractivity contribution in [2.24, 2.45) is 0 Å². The minimum atomic E-state index is -0.710. The molecule has 0 atom stereocenters. The summed E-state index contributed by atoms with van der Waals surface area (Å²) >= 11 is 0. The van der Waals surface area contributed by atoms with E-state index < -0.39 is 18.4 Å². The number of hydrogen-bond acceptors (Lipinski definition) is 6. The highest BCUT2D eigenvalue weighted by atomic mass is 16.6. The van der Waals surface area contributed by atoms with Gasteiger partial charge in [0.25, 0.3) is 0 Å². The summed E-state index contributed by atoms with van der Waals surface area (Å²) in [5.41, 5.74) is 3.63. The van der Waals surface area contributed by atoms with E-state index in [4.69, 9.17) is 9.47 Å². The van der Waals surface area contributed by atoms with E-state index >= 15 is 0 Å². The molecule has 0 amide bonds. The van der Waals surface area contributed by atoms with Gasteiger partial charge in [-0.3, -0.25) is 19.2 Å². The van der Waals surface area contributed by atoms with Crippen LogP contribution in [-0.4, -0.2) is 23.5 Å². The van der Waals surface area contributed by atoms with Gasteiger partial charge < -0.3 is 9.47 Å². The van der Waals surface area contributed by atoms with Crippen molar-refractivity contribution in [1.29, 1.82) is 0 Å². The highest BCUT2D eigenvalue weighted by Crippen LogP contribution is 2.14. The Morgan fingerprint density at radius 2 is 0.757 bits per heavy atom. The second-order valence-corrected chi connectivity index (χ2v) is 8.28. The number of esters is 2. The van der Waals surface area contributed by atoms with Gasteiger partial charge in [0, 0.05) is 22.3 Å². The lowest BCUT2D eigenvalue weighted by atomic mass is 10.0. The van der Waals surface area contributed by atoms with E-state index in [9.17, 15) is 19.2 Å². The first-order valence-corrected chi connectivity index (χ1v) is 11.7. The number of benzene rings is 4. The fourth-order valence-electron chi connectivity index (χ4n) is 3.56. The van der Waals surface area contributed by atoms with Gasteiger partial charge in [0.05, 0.1) is 0 Å². The maximum atomic E-state index is 12.5. The average molecular weight is 493 g/mol. The van der Waals surface area contributed by atoms with Gasteiger partial charge in [0.2, 0.25) is 0 Å². The maximum absolute atomic E-state index is 12.5. The zero-order valence-corrected chi connectivity index (χ0v) is 20.0. The molecule has 6 nitrogen and oxygen atoms in total. The van der Waals surface area contributed by atoms with Crippen molar-refractivity contribution in [3.8, 4) is 0 Å². The summed E-state index contributed by atoms with van der Waals surface area (Å²) in [7, 11) is 0. The topological polar surface area (TPSA) is 86.7 Å². The summed E-state index contributed by atoms with van der Waals surface area (Å²) < 4.78 is 10.3. The minimum absolute atomic E-state index is 0.0250. The van der Waals surface area contributed by atoms with Gasteiger partial charge >= 0.3 is 11.9 Å². The Labute approximate surface area is 214 Å². The molecule has 4 aromatic rings. The lowest BCUT2D eigenvalue weighted by Gasteiger charge is -2.08. The van der Waals surface area contributed by atoms with Crippen LogP contribution in [0.5, 0.6) is 0 Å². The van der Waals surface area contributed by atoms with Crippen LogP contribution in [0.25, 0.3) is 0 Å². The number of hydrogen-bond donors (Lipinski definition) is 0. The molecule has 184 valence electrons. The smallest absolute Gasteiger partial charge is 0.317 e. The second kappa shape index (κ2) is 12.2. The minimum Gasteiger partial charge on any atom is -0.460 e. The molecule has 0 radical (unpaired) electrons. The molecule has 0 unspecified atom stereocenters. The van der Waals surface area contributed by atoms with E-state index in [0.29, 0.717) is 33.4 Å². The van der Waals surface area contributed by atoms with Crippen molar-refractivity contribution in [2.45, 2.75) is 19.6 Å². The lowest BCUT2D eigenvalue weighted by Crippen LogP contribution is -2.14. The molecular formula is C31H24O6. The number of carbonyl (C=O) groups is 4. The van der Waals surface area contributed by atoms with Crippen molar-refractivity contribution in [1.82, 2.24) is 0 Å². The third kappa shape index (κ3) is 7.08. The summed E-state index contributed by atoms with van der Waals surface area (Å²) in [5.74, 6) is -1.61. The molecule has 0 aliphatic rings. The molecule has 37 heavy (non-hydrogen) atoms. The first-order chi connectivity index (χ1) is 18.0. The predicted octanol–water partition coefficient (Wildman–Crippen LogP) is 5.33. The number of rotatable bonds is 10. The van der Waals surface area contributed by atoms with Crippen LogP contribution in [0.15, 0.2) is 109 Å². The zero-order chi connectivity index (χ0) is 26.0. The second-order valence-electron chi connectivity index (χ2n) is 8.28. The Balaban J connectivity index is 1.20. The van der Waals surface area contributed by atoms with Crippen molar-refractivity contribution in [3.63, 3.8) is 0 Å². The van der Waals surface area contributed by atoms with Gasteiger partial charge in [-0.2, -0.15) is 0 Å². The van der Waals surface area contributed by atoms with Crippen LogP contribution in [0.4, 0.5) is 0 Å². The van der Waals surface area contributed by atoms with Crippen LogP contribution >= 0.6 is 0 Å². The van der Waals surface area contributed by atoms with Gasteiger partial charge in [-0.1, -0.05) is 109 Å². The van der Waals surface area contributed by atoms with Crippen LogP contribution in [0.3, 0.4) is 0 Å². The van der Waals surface area contributed by atoms with Crippen molar-refractivity contribution in [3.05, 3.63) is 143 Å². The molecule has 0 aliphatic carbocycles. The Morgan fingerprint density at radius 3 is 1.11 bits per heavy atom. The first-order valence-electron chi connectivity index (χ1n) is 11.7. The predicted molar refractivity (Wildman–Crippen MR) is 137 cm³/mol. The van der Waals surface area contributed by atoms with E-state index in [2.05, 4.69) is 0 Å². The van der Waals surface area contributed by atoms with E-state index in [1.165, 1.54) is 0 Å². The molecule has 0 aliphatic heterocycles. The first kappa shape index (κ1) is 25.3. The highest BCUT2D eigenvalue weighted by Gasteiger charge is 2.14. The van der Waals surface area contributed by atoms with Crippen LogP contribution < -0.4 is 0 Å². The van der Waals surface area contributed by atoms with Crippen molar-refractivity contribution < 1.29 is 28.7 Å². The van der Waals surface area contributed by atoms with E-state index in [1.807, 2.05) is 12.1 Å². The average Bonchev–Trinajstić information content (AvgIpc) is 2.95. The summed E-state index contributed by atoms with van der Waals surface area (Å²) in [6, 6.07) is 31.4. The number of ketones is 2. The molecular weight excluding hydrogens is 468 g/mol.